The molecular weight excluding hydrogens is 268 g/mol. The Morgan fingerprint density at radius 1 is 1.63 bits per heavy atom. The summed E-state index contributed by atoms with van der Waals surface area (Å²) < 4.78 is 10.2. The minimum absolute atomic E-state index is 0.132. The topological polar surface area (TPSA) is 102 Å². The first-order chi connectivity index (χ1) is 8.96. The fraction of sp³-hybridized carbons (Fsp3) is 0.750. The molecule has 1 saturated heterocycles. The van der Waals surface area contributed by atoms with Crippen LogP contribution in [0.1, 0.15) is 39.5 Å². The number of hydrogen-bond donors (Lipinski definition) is 2. The third kappa shape index (κ3) is 3.62. The zero-order chi connectivity index (χ0) is 14.5. The minimum atomic E-state index is -1.22. The SMILES string of the molecule is CCCCC1(C(=O)OCC)CC(SC(=N)N)OC1=O. The summed E-state index contributed by atoms with van der Waals surface area (Å²) in [5.41, 5.74) is 3.48. The van der Waals surface area contributed by atoms with Gasteiger partial charge >= 0.3 is 11.9 Å². The van der Waals surface area contributed by atoms with Gasteiger partial charge in [-0.2, -0.15) is 0 Å². The molecule has 0 spiro atoms. The number of thioether (sulfide) groups is 1. The molecule has 0 saturated carbocycles. The van der Waals surface area contributed by atoms with E-state index in [1.54, 1.807) is 6.92 Å². The van der Waals surface area contributed by atoms with Crippen molar-refractivity contribution in [3.05, 3.63) is 0 Å². The molecule has 0 aromatic rings. The molecule has 0 amide bonds. The average molecular weight is 288 g/mol. The molecule has 1 fully saturated rings. The maximum absolute atomic E-state index is 12.1. The zero-order valence-corrected chi connectivity index (χ0v) is 12.0. The smallest absolute Gasteiger partial charge is 0.324 e. The van der Waals surface area contributed by atoms with E-state index in [-0.39, 0.29) is 18.2 Å². The maximum Gasteiger partial charge on any atom is 0.324 e. The lowest BCUT2D eigenvalue weighted by Gasteiger charge is -2.21. The number of unbranched alkanes of at least 4 members (excludes halogenated alkanes) is 1. The van der Waals surface area contributed by atoms with E-state index in [1.807, 2.05) is 6.92 Å². The number of nitrogens with one attached hydrogen (secondary N) is 1. The van der Waals surface area contributed by atoms with Crippen molar-refractivity contribution in [1.29, 1.82) is 5.41 Å². The van der Waals surface area contributed by atoms with Crippen LogP contribution >= 0.6 is 11.8 Å². The van der Waals surface area contributed by atoms with Crippen molar-refractivity contribution in [2.24, 2.45) is 11.1 Å². The lowest BCUT2D eigenvalue weighted by molar-refractivity contribution is -0.165. The van der Waals surface area contributed by atoms with E-state index in [0.29, 0.717) is 6.42 Å². The van der Waals surface area contributed by atoms with Crippen LogP contribution in [0.15, 0.2) is 0 Å². The number of carbonyl (C=O) groups excluding carboxylic acids is 2. The van der Waals surface area contributed by atoms with Crippen molar-refractivity contribution >= 4 is 28.9 Å². The molecule has 1 aliphatic heterocycles. The van der Waals surface area contributed by atoms with Gasteiger partial charge in [-0.3, -0.25) is 15.0 Å². The summed E-state index contributed by atoms with van der Waals surface area (Å²) in [6, 6.07) is 0. The molecule has 19 heavy (non-hydrogen) atoms. The highest BCUT2D eigenvalue weighted by Gasteiger charge is 2.55. The van der Waals surface area contributed by atoms with Gasteiger partial charge in [-0.1, -0.05) is 19.8 Å². The highest BCUT2D eigenvalue weighted by molar-refractivity contribution is 8.14. The van der Waals surface area contributed by atoms with Crippen molar-refractivity contribution in [2.45, 2.75) is 45.0 Å². The van der Waals surface area contributed by atoms with Crippen LogP contribution in [0.4, 0.5) is 0 Å². The highest BCUT2D eigenvalue weighted by Crippen LogP contribution is 2.43. The van der Waals surface area contributed by atoms with Gasteiger partial charge in [0, 0.05) is 6.42 Å². The fourth-order valence-corrected chi connectivity index (χ4v) is 2.86. The molecule has 1 rings (SSSR count). The highest BCUT2D eigenvalue weighted by atomic mass is 32.2. The molecule has 1 heterocycles. The van der Waals surface area contributed by atoms with Gasteiger partial charge in [0.1, 0.15) is 0 Å². The maximum atomic E-state index is 12.1. The van der Waals surface area contributed by atoms with Crippen LogP contribution in [0.2, 0.25) is 0 Å². The van der Waals surface area contributed by atoms with Crippen LogP contribution in [-0.4, -0.2) is 29.1 Å². The van der Waals surface area contributed by atoms with Gasteiger partial charge in [0.25, 0.3) is 0 Å². The van der Waals surface area contributed by atoms with E-state index in [2.05, 4.69) is 0 Å². The second-order valence-corrected chi connectivity index (χ2v) is 5.63. The summed E-state index contributed by atoms with van der Waals surface area (Å²) in [5.74, 6) is -1.08. The Kier molecular flexibility index (Phi) is 5.65. The number of rotatable bonds is 6. The molecule has 1 aliphatic rings. The van der Waals surface area contributed by atoms with Crippen LogP contribution in [-0.2, 0) is 19.1 Å². The molecule has 0 aromatic carbocycles. The van der Waals surface area contributed by atoms with E-state index in [0.717, 1.165) is 24.6 Å². The number of amidine groups is 1. The first-order valence-corrected chi connectivity index (χ1v) is 7.23. The Balaban J connectivity index is 2.87. The van der Waals surface area contributed by atoms with Gasteiger partial charge in [-0.15, -0.1) is 0 Å². The Morgan fingerprint density at radius 2 is 2.32 bits per heavy atom. The van der Waals surface area contributed by atoms with Crippen molar-refractivity contribution in [3.8, 4) is 0 Å². The van der Waals surface area contributed by atoms with Crippen molar-refractivity contribution in [2.75, 3.05) is 6.61 Å². The number of carbonyl (C=O) groups is 2. The lowest BCUT2D eigenvalue weighted by Crippen LogP contribution is -2.37. The third-order valence-corrected chi connectivity index (χ3v) is 3.81. The lowest BCUT2D eigenvalue weighted by atomic mass is 9.81. The van der Waals surface area contributed by atoms with Crippen molar-refractivity contribution < 1.29 is 19.1 Å². The standard InChI is InChI=1S/C12H20N2O4S/c1-3-5-6-12(9(15)17-4-2)7-8(18-10(12)16)19-11(13)14/h8H,3-7H2,1-2H3,(H3,13,14). The summed E-state index contributed by atoms with van der Waals surface area (Å²) in [6.07, 6.45) is 2.25. The molecule has 0 aromatic heterocycles. The number of hydrogen-bond acceptors (Lipinski definition) is 6. The summed E-state index contributed by atoms with van der Waals surface area (Å²) in [5, 5.41) is 7.08. The number of esters is 2. The van der Waals surface area contributed by atoms with Gasteiger partial charge in [-0.25, -0.2) is 0 Å². The largest absolute Gasteiger partial charge is 0.465 e. The van der Waals surface area contributed by atoms with Crippen LogP contribution in [0.5, 0.6) is 0 Å². The van der Waals surface area contributed by atoms with E-state index >= 15 is 0 Å². The van der Waals surface area contributed by atoms with Crippen LogP contribution < -0.4 is 5.73 Å². The van der Waals surface area contributed by atoms with E-state index in [9.17, 15) is 9.59 Å². The van der Waals surface area contributed by atoms with Crippen LogP contribution in [0.3, 0.4) is 0 Å². The molecule has 6 nitrogen and oxygen atoms in total. The Bertz CT molecular complexity index is 375. The molecule has 2 atom stereocenters. The average Bonchev–Trinajstić information content (AvgIpc) is 2.63. The number of cyclic esters (lactones) is 1. The number of nitrogens with two attached hydrogens (primary N) is 1. The summed E-state index contributed by atoms with van der Waals surface area (Å²) >= 11 is 0.947. The monoisotopic (exact) mass is 288 g/mol. The van der Waals surface area contributed by atoms with Gasteiger partial charge in [0.05, 0.1) is 6.61 Å². The second kappa shape index (κ2) is 6.79. The molecule has 2 unspecified atom stereocenters. The van der Waals surface area contributed by atoms with E-state index in [4.69, 9.17) is 20.6 Å². The Morgan fingerprint density at radius 3 is 2.84 bits per heavy atom. The fourth-order valence-electron chi connectivity index (χ4n) is 2.07. The molecule has 0 aliphatic carbocycles. The molecule has 108 valence electrons. The second-order valence-electron chi connectivity index (χ2n) is 4.43. The Labute approximate surface area is 116 Å². The van der Waals surface area contributed by atoms with Crippen LogP contribution in [0.25, 0.3) is 0 Å². The molecular formula is C12H20N2O4S. The first-order valence-electron chi connectivity index (χ1n) is 6.35. The van der Waals surface area contributed by atoms with Gasteiger partial charge < -0.3 is 15.2 Å². The third-order valence-electron chi connectivity index (χ3n) is 3.03. The molecule has 0 radical (unpaired) electrons. The summed E-state index contributed by atoms with van der Waals surface area (Å²) in [4.78, 5) is 24.2. The molecule has 7 heteroatoms. The predicted molar refractivity (Wildman–Crippen MR) is 72.6 cm³/mol. The van der Waals surface area contributed by atoms with E-state index in [1.165, 1.54) is 0 Å². The minimum Gasteiger partial charge on any atom is -0.465 e. The quantitative estimate of drug-likeness (QED) is 0.333. The first kappa shape index (κ1) is 15.8. The number of ether oxygens (including phenoxy) is 2. The van der Waals surface area contributed by atoms with Gasteiger partial charge in [0.15, 0.2) is 16.0 Å². The van der Waals surface area contributed by atoms with Gasteiger partial charge in [-0.05, 0) is 25.1 Å². The van der Waals surface area contributed by atoms with Crippen LogP contribution in [0, 0.1) is 10.8 Å². The predicted octanol–water partition coefficient (Wildman–Crippen LogP) is 1.63. The summed E-state index contributed by atoms with van der Waals surface area (Å²) in [6.45, 7) is 3.92. The normalized spacial score (nSPS) is 26.0. The summed E-state index contributed by atoms with van der Waals surface area (Å²) in [7, 11) is 0. The Hall–Kier alpha value is -1.24. The molecule has 0 bridgehead atoms. The van der Waals surface area contributed by atoms with Crippen molar-refractivity contribution in [3.63, 3.8) is 0 Å². The van der Waals surface area contributed by atoms with Crippen molar-refractivity contribution in [1.82, 2.24) is 0 Å². The van der Waals surface area contributed by atoms with E-state index < -0.39 is 22.8 Å². The van der Waals surface area contributed by atoms with Gasteiger partial charge in [0.2, 0.25) is 0 Å². The zero-order valence-electron chi connectivity index (χ0n) is 11.2. The molecule has 3 N–H and O–H groups in total.